The molecular weight excluding hydrogens is 232 g/mol. The Balaban J connectivity index is 3.90. The standard InChI is InChI=1S/C13H28N2O3/c1-6-10(7-2)11(16)8-14-12(17)15-9-13(3,4)18-5/h10-11,16H,6-9H2,1-5H3,(H2,14,15,17). The molecule has 5 nitrogen and oxygen atoms in total. The fourth-order valence-electron chi connectivity index (χ4n) is 1.62. The Hall–Kier alpha value is -0.810. The fourth-order valence-corrected chi connectivity index (χ4v) is 1.62. The molecule has 0 aliphatic rings. The molecule has 0 spiro atoms. The minimum atomic E-state index is -0.485. The fraction of sp³-hybridized carbons (Fsp3) is 0.923. The number of carbonyl (C=O) groups excluding carboxylic acids is 1. The molecule has 3 N–H and O–H groups in total. The van der Waals surface area contributed by atoms with Gasteiger partial charge in [-0.05, 0) is 19.8 Å². The van der Waals surface area contributed by atoms with Gasteiger partial charge in [-0.3, -0.25) is 0 Å². The van der Waals surface area contributed by atoms with E-state index in [0.717, 1.165) is 12.8 Å². The zero-order valence-corrected chi connectivity index (χ0v) is 12.2. The second-order valence-corrected chi connectivity index (χ2v) is 5.17. The first-order valence-electron chi connectivity index (χ1n) is 6.61. The third kappa shape index (κ3) is 6.81. The van der Waals surface area contributed by atoms with E-state index in [1.165, 1.54) is 0 Å². The Kier molecular flexibility index (Phi) is 7.95. The number of carbonyl (C=O) groups is 1. The first kappa shape index (κ1) is 17.2. The van der Waals surface area contributed by atoms with Gasteiger partial charge in [0.2, 0.25) is 0 Å². The highest BCUT2D eigenvalue weighted by Crippen LogP contribution is 2.12. The highest BCUT2D eigenvalue weighted by molar-refractivity contribution is 5.73. The maximum absolute atomic E-state index is 11.5. The summed E-state index contributed by atoms with van der Waals surface area (Å²) >= 11 is 0. The minimum Gasteiger partial charge on any atom is -0.391 e. The van der Waals surface area contributed by atoms with Crippen molar-refractivity contribution in [3.63, 3.8) is 0 Å². The number of methoxy groups -OCH3 is 1. The third-order valence-electron chi connectivity index (χ3n) is 3.29. The minimum absolute atomic E-state index is 0.237. The summed E-state index contributed by atoms with van der Waals surface area (Å²) in [6, 6.07) is -0.273. The first-order chi connectivity index (χ1) is 8.36. The van der Waals surface area contributed by atoms with Crippen LogP contribution in [0.1, 0.15) is 40.5 Å². The summed E-state index contributed by atoms with van der Waals surface area (Å²) in [6.45, 7) is 8.58. The monoisotopic (exact) mass is 260 g/mol. The van der Waals surface area contributed by atoms with Crippen molar-refractivity contribution in [2.24, 2.45) is 5.92 Å². The summed E-state index contributed by atoms with van der Waals surface area (Å²) in [4.78, 5) is 11.5. The zero-order valence-electron chi connectivity index (χ0n) is 12.2. The molecule has 0 bridgehead atoms. The van der Waals surface area contributed by atoms with Crippen LogP contribution >= 0.6 is 0 Å². The van der Waals surface area contributed by atoms with Crippen LogP contribution in [0.25, 0.3) is 0 Å². The lowest BCUT2D eigenvalue weighted by Gasteiger charge is -2.24. The van der Waals surface area contributed by atoms with Gasteiger partial charge in [-0.1, -0.05) is 26.7 Å². The molecule has 2 amide bonds. The molecule has 0 saturated heterocycles. The number of hydrogen-bond donors (Lipinski definition) is 3. The topological polar surface area (TPSA) is 70.6 Å². The molecule has 1 unspecified atom stereocenters. The zero-order chi connectivity index (χ0) is 14.2. The summed E-state index contributed by atoms with van der Waals surface area (Å²) < 4.78 is 5.19. The number of aliphatic hydroxyl groups is 1. The van der Waals surface area contributed by atoms with Crippen molar-refractivity contribution in [2.75, 3.05) is 20.2 Å². The van der Waals surface area contributed by atoms with E-state index in [-0.39, 0.29) is 24.1 Å². The van der Waals surface area contributed by atoms with E-state index in [1.807, 2.05) is 27.7 Å². The molecule has 18 heavy (non-hydrogen) atoms. The van der Waals surface area contributed by atoms with E-state index in [2.05, 4.69) is 10.6 Å². The van der Waals surface area contributed by atoms with E-state index < -0.39 is 6.10 Å². The van der Waals surface area contributed by atoms with Crippen LogP contribution in [0, 0.1) is 5.92 Å². The number of ether oxygens (including phenoxy) is 1. The predicted octanol–water partition coefficient (Wildman–Crippen LogP) is 1.51. The molecule has 0 rings (SSSR count). The predicted molar refractivity (Wildman–Crippen MR) is 72.6 cm³/mol. The SMILES string of the molecule is CCC(CC)C(O)CNC(=O)NCC(C)(C)OC. The van der Waals surface area contributed by atoms with Crippen LogP contribution in [-0.4, -0.2) is 43.0 Å². The lowest BCUT2D eigenvalue weighted by molar-refractivity contribution is 0.0252. The third-order valence-corrected chi connectivity index (χ3v) is 3.29. The van der Waals surface area contributed by atoms with E-state index in [1.54, 1.807) is 7.11 Å². The van der Waals surface area contributed by atoms with Gasteiger partial charge >= 0.3 is 6.03 Å². The van der Waals surface area contributed by atoms with E-state index >= 15 is 0 Å². The van der Waals surface area contributed by atoms with Crippen LogP contribution in [0.2, 0.25) is 0 Å². The average Bonchev–Trinajstić information content (AvgIpc) is 2.35. The molecule has 108 valence electrons. The van der Waals surface area contributed by atoms with E-state index in [9.17, 15) is 9.90 Å². The van der Waals surface area contributed by atoms with Crippen LogP contribution < -0.4 is 10.6 Å². The Morgan fingerprint density at radius 2 is 1.83 bits per heavy atom. The summed E-state index contributed by atoms with van der Waals surface area (Å²) in [5.74, 6) is 0.237. The van der Waals surface area contributed by atoms with Gasteiger partial charge in [0.05, 0.1) is 11.7 Å². The molecule has 0 aromatic rings. The van der Waals surface area contributed by atoms with Gasteiger partial charge in [-0.15, -0.1) is 0 Å². The van der Waals surface area contributed by atoms with Gasteiger partial charge in [-0.2, -0.15) is 0 Å². The van der Waals surface area contributed by atoms with Crippen LogP contribution in [0.4, 0.5) is 4.79 Å². The highest BCUT2D eigenvalue weighted by Gasteiger charge is 2.19. The summed E-state index contributed by atoms with van der Waals surface area (Å²) in [5, 5.41) is 15.3. The second-order valence-electron chi connectivity index (χ2n) is 5.17. The van der Waals surface area contributed by atoms with Crippen molar-refractivity contribution in [3.05, 3.63) is 0 Å². The van der Waals surface area contributed by atoms with Crippen LogP contribution in [-0.2, 0) is 4.74 Å². The van der Waals surface area contributed by atoms with Gasteiger partial charge in [0.25, 0.3) is 0 Å². The summed E-state index contributed by atoms with van der Waals surface area (Å²) in [7, 11) is 1.61. The van der Waals surface area contributed by atoms with Gasteiger partial charge in [0, 0.05) is 20.2 Å². The summed E-state index contributed by atoms with van der Waals surface area (Å²) in [6.07, 6.45) is 1.34. The van der Waals surface area contributed by atoms with Crippen LogP contribution in [0.3, 0.4) is 0 Å². The maximum Gasteiger partial charge on any atom is 0.314 e. The normalized spacial score (nSPS) is 13.5. The van der Waals surface area contributed by atoms with E-state index in [4.69, 9.17) is 4.74 Å². The molecule has 0 radical (unpaired) electrons. The van der Waals surface area contributed by atoms with Gasteiger partial charge in [-0.25, -0.2) is 4.79 Å². The number of rotatable bonds is 8. The lowest BCUT2D eigenvalue weighted by atomic mass is 9.97. The number of nitrogens with one attached hydrogen (secondary N) is 2. The first-order valence-corrected chi connectivity index (χ1v) is 6.61. The molecule has 0 aromatic carbocycles. The van der Waals surface area contributed by atoms with E-state index in [0.29, 0.717) is 6.54 Å². The Bertz CT molecular complexity index is 240. The number of aliphatic hydroxyl groups excluding tert-OH is 1. The van der Waals surface area contributed by atoms with Crippen molar-refractivity contribution >= 4 is 6.03 Å². The molecule has 5 heteroatoms. The number of hydrogen-bond acceptors (Lipinski definition) is 3. The number of amides is 2. The van der Waals surface area contributed by atoms with Crippen LogP contribution in [0.5, 0.6) is 0 Å². The molecule has 0 aromatic heterocycles. The maximum atomic E-state index is 11.5. The van der Waals surface area contributed by atoms with Crippen molar-refractivity contribution in [1.29, 1.82) is 0 Å². The lowest BCUT2D eigenvalue weighted by Crippen LogP contribution is -2.46. The Morgan fingerprint density at radius 1 is 1.28 bits per heavy atom. The largest absolute Gasteiger partial charge is 0.391 e. The van der Waals surface area contributed by atoms with Crippen molar-refractivity contribution in [3.8, 4) is 0 Å². The van der Waals surface area contributed by atoms with Gasteiger partial charge < -0.3 is 20.5 Å². The molecule has 0 fully saturated rings. The molecule has 1 atom stereocenters. The Morgan fingerprint density at radius 3 is 2.28 bits per heavy atom. The summed E-state index contributed by atoms with van der Waals surface area (Å²) in [5.41, 5.74) is -0.384. The average molecular weight is 260 g/mol. The molecule has 0 saturated carbocycles. The van der Waals surface area contributed by atoms with Gasteiger partial charge in [0.1, 0.15) is 0 Å². The van der Waals surface area contributed by atoms with Crippen molar-refractivity contribution < 1.29 is 14.6 Å². The Labute approximate surface area is 110 Å². The molecule has 0 aliphatic heterocycles. The number of urea groups is 1. The van der Waals surface area contributed by atoms with Gasteiger partial charge in [0.15, 0.2) is 0 Å². The molecular formula is C13H28N2O3. The smallest absolute Gasteiger partial charge is 0.314 e. The quantitative estimate of drug-likeness (QED) is 0.619. The van der Waals surface area contributed by atoms with Crippen molar-refractivity contribution in [2.45, 2.75) is 52.2 Å². The van der Waals surface area contributed by atoms with Crippen molar-refractivity contribution in [1.82, 2.24) is 10.6 Å². The second kappa shape index (κ2) is 8.32. The highest BCUT2D eigenvalue weighted by atomic mass is 16.5. The van der Waals surface area contributed by atoms with Crippen LogP contribution in [0.15, 0.2) is 0 Å². The molecule has 0 aliphatic carbocycles. The molecule has 0 heterocycles.